The van der Waals surface area contributed by atoms with Crippen molar-refractivity contribution in [2.75, 3.05) is 13.1 Å². The molecule has 0 saturated heterocycles. The van der Waals surface area contributed by atoms with Crippen molar-refractivity contribution in [3.8, 4) is 0 Å². The van der Waals surface area contributed by atoms with Gasteiger partial charge in [0.1, 0.15) is 0 Å². The van der Waals surface area contributed by atoms with Crippen molar-refractivity contribution in [3.63, 3.8) is 0 Å². The van der Waals surface area contributed by atoms with Gasteiger partial charge in [0, 0.05) is 13.1 Å². The Labute approximate surface area is 148 Å². The van der Waals surface area contributed by atoms with Crippen molar-refractivity contribution in [2.24, 2.45) is 0 Å². The lowest BCUT2D eigenvalue weighted by molar-refractivity contribution is -0.120. The molecule has 0 radical (unpaired) electrons. The van der Waals surface area contributed by atoms with E-state index in [2.05, 4.69) is 34.0 Å². The van der Waals surface area contributed by atoms with Gasteiger partial charge >= 0.3 is 0 Å². The van der Waals surface area contributed by atoms with E-state index < -0.39 is 0 Å². The minimum absolute atomic E-state index is 0.0727. The van der Waals surface area contributed by atoms with Gasteiger partial charge in [0.05, 0.1) is 10.5 Å². The molecule has 0 aliphatic rings. The van der Waals surface area contributed by atoms with Crippen LogP contribution in [0.3, 0.4) is 0 Å². The standard InChI is InChI=1S/C14H20N4O2S3/c1-5-7-15-11(19)9(3)21-13-17-18-14(23-13)22-10(4)12(20)16-8-6-2/h5-6,9-10H,1-2,7-8H2,3-4H3,(H,15,19)(H,16,20)/t9-,10+. The molecule has 1 rings (SSSR count). The number of thioether (sulfide) groups is 2. The first-order valence-electron chi connectivity index (χ1n) is 6.92. The molecule has 2 atom stereocenters. The maximum atomic E-state index is 11.8. The fourth-order valence-electron chi connectivity index (χ4n) is 1.33. The van der Waals surface area contributed by atoms with Gasteiger partial charge in [-0.25, -0.2) is 0 Å². The van der Waals surface area contributed by atoms with Gasteiger partial charge in [-0.15, -0.1) is 23.4 Å². The molecule has 0 aromatic carbocycles. The van der Waals surface area contributed by atoms with E-state index in [-0.39, 0.29) is 22.3 Å². The summed E-state index contributed by atoms with van der Waals surface area (Å²) in [5.74, 6) is -0.145. The number of nitrogens with one attached hydrogen (secondary N) is 2. The molecule has 0 unspecified atom stereocenters. The monoisotopic (exact) mass is 372 g/mol. The van der Waals surface area contributed by atoms with Gasteiger partial charge < -0.3 is 10.6 Å². The Morgan fingerprint density at radius 3 is 1.78 bits per heavy atom. The third kappa shape index (κ3) is 7.19. The largest absolute Gasteiger partial charge is 0.352 e. The molecule has 2 N–H and O–H groups in total. The molecule has 0 fully saturated rings. The first-order valence-corrected chi connectivity index (χ1v) is 9.49. The lowest BCUT2D eigenvalue weighted by Crippen LogP contribution is -2.30. The van der Waals surface area contributed by atoms with Crippen LogP contribution in [0.2, 0.25) is 0 Å². The molecule has 1 heterocycles. The van der Waals surface area contributed by atoms with Crippen LogP contribution in [0, 0.1) is 0 Å². The first-order chi connectivity index (χ1) is 11.0. The molecule has 6 nitrogen and oxygen atoms in total. The molecule has 9 heteroatoms. The molecular formula is C14H20N4O2S3. The summed E-state index contributed by atoms with van der Waals surface area (Å²) in [6, 6.07) is 0. The molecule has 2 amide bonds. The molecule has 1 aromatic heterocycles. The van der Waals surface area contributed by atoms with Crippen molar-refractivity contribution in [3.05, 3.63) is 25.3 Å². The van der Waals surface area contributed by atoms with Crippen molar-refractivity contribution < 1.29 is 9.59 Å². The quantitative estimate of drug-likeness (QED) is 0.483. The number of carbonyl (C=O) groups excluding carboxylic acids is 2. The van der Waals surface area contributed by atoms with E-state index in [9.17, 15) is 9.59 Å². The third-order valence-electron chi connectivity index (χ3n) is 2.52. The van der Waals surface area contributed by atoms with E-state index in [1.54, 1.807) is 12.2 Å². The van der Waals surface area contributed by atoms with Gasteiger partial charge in [0.15, 0.2) is 8.68 Å². The Bertz CT molecular complexity index is 515. The van der Waals surface area contributed by atoms with Crippen LogP contribution in [0.25, 0.3) is 0 Å². The number of amides is 2. The Hall–Kier alpha value is -1.32. The van der Waals surface area contributed by atoms with Crippen LogP contribution >= 0.6 is 34.9 Å². The number of aromatic nitrogens is 2. The topological polar surface area (TPSA) is 84.0 Å². The lowest BCUT2D eigenvalue weighted by Gasteiger charge is -2.08. The van der Waals surface area contributed by atoms with Gasteiger partial charge in [-0.3, -0.25) is 9.59 Å². The van der Waals surface area contributed by atoms with E-state index in [0.29, 0.717) is 21.8 Å². The summed E-state index contributed by atoms with van der Waals surface area (Å²) in [5, 5.41) is 13.0. The van der Waals surface area contributed by atoms with Gasteiger partial charge in [0.25, 0.3) is 0 Å². The summed E-state index contributed by atoms with van der Waals surface area (Å²) in [6.45, 7) is 11.6. The minimum Gasteiger partial charge on any atom is -0.352 e. The summed E-state index contributed by atoms with van der Waals surface area (Å²) >= 11 is 4.06. The number of carbonyl (C=O) groups is 2. The van der Waals surface area contributed by atoms with Crippen molar-refractivity contribution >= 4 is 46.7 Å². The highest BCUT2D eigenvalue weighted by Gasteiger charge is 2.19. The first kappa shape index (κ1) is 19.7. The van der Waals surface area contributed by atoms with E-state index >= 15 is 0 Å². The van der Waals surface area contributed by atoms with Gasteiger partial charge in [-0.05, 0) is 13.8 Å². The molecule has 0 bridgehead atoms. The summed E-state index contributed by atoms with van der Waals surface area (Å²) in [4.78, 5) is 23.6. The molecule has 0 aliphatic carbocycles. The van der Waals surface area contributed by atoms with Gasteiger partial charge in [-0.2, -0.15) is 0 Å². The maximum absolute atomic E-state index is 11.8. The molecule has 23 heavy (non-hydrogen) atoms. The fraction of sp³-hybridized carbons (Fsp3) is 0.429. The van der Waals surface area contributed by atoms with Crippen molar-refractivity contribution in [1.82, 2.24) is 20.8 Å². The average Bonchev–Trinajstić information content (AvgIpc) is 2.96. The summed E-state index contributed by atoms with van der Waals surface area (Å²) < 4.78 is 1.40. The predicted molar refractivity (Wildman–Crippen MR) is 97.0 cm³/mol. The number of hydrogen-bond acceptors (Lipinski definition) is 7. The zero-order valence-corrected chi connectivity index (χ0v) is 15.5. The minimum atomic E-state index is -0.269. The SMILES string of the molecule is C=CCNC(=O)[C@H](C)Sc1nnc(S[C@H](C)C(=O)NCC=C)s1. The van der Waals surface area contributed by atoms with Crippen LogP contribution in [-0.4, -0.2) is 45.6 Å². The lowest BCUT2D eigenvalue weighted by atomic mass is 10.4. The fourth-order valence-corrected chi connectivity index (χ4v) is 4.69. The second-order valence-corrected chi connectivity index (χ2v) is 8.58. The third-order valence-corrected chi connectivity index (χ3v) is 5.81. The maximum Gasteiger partial charge on any atom is 0.233 e. The van der Waals surface area contributed by atoms with E-state index in [0.717, 1.165) is 0 Å². The number of rotatable bonds is 10. The van der Waals surface area contributed by atoms with E-state index in [4.69, 9.17) is 0 Å². The molecule has 0 saturated carbocycles. The van der Waals surface area contributed by atoms with Crippen molar-refractivity contribution in [2.45, 2.75) is 33.0 Å². The second-order valence-electron chi connectivity index (χ2n) is 4.42. The Morgan fingerprint density at radius 2 is 1.43 bits per heavy atom. The highest BCUT2D eigenvalue weighted by molar-refractivity contribution is 8.04. The zero-order valence-electron chi connectivity index (χ0n) is 13.1. The normalized spacial score (nSPS) is 13.0. The second kappa shape index (κ2) is 10.5. The molecule has 0 spiro atoms. The Morgan fingerprint density at radius 1 is 1.04 bits per heavy atom. The van der Waals surface area contributed by atoms with Crippen molar-refractivity contribution in [1.29, 1.82) is 0 Å². The van der Waals surface area contributed by atoms with Crippen LogP contribution in [0.4, 0.5) is 0 Å². The Balaban J connectivity index is 2.50. The van der Waals surface area contributed by atoms with Gasteiger partial charge in [0.2, 0.25) is 11.8 Å². The van der Waals surface area contributed by atoms with Crippen LogP contribution in [0.1, 0.15) is 13.8 Å². The number of hydrogen-bond donors (Lipinski definition) is 2. The van der Waals surface area contributed by atoms with E-state index in [1.165, 1.54) is 34.9 Å². The highest BCUT2D eigenvalue weighted by atomic mass is 32.2. The van der Waals surface area contributed by atoms with Crippen LogP contribution in [0.5, 0.6) is 0 Å². The summed E-state index contributed by atoms with van der Waals surface area (Å²) in [7, 11) is 0. The summed E-state index contributed by atoms with van der Waals surface area (Å²) in [6.07, 6.45) is 3.27. The van der Waals surface area contributed by atoms with Crippen LogP contribution in [0.15, 0.2) is 34.0 Å². The Kier molecular flexibility index (Phi) is 8.97. The van der Waals surface area contributed by atoms with Crippen LogP contribution < -0.4 is 10.6 Å². The molecule has 0 aliphatic heterocycles. The molecule has 126 valence electrons. The number of nitrogens with zero attached hydrogens (tertiary/aromatic N) is 2. The molecule has 1 aromatic rings. The van der Waals surface area contributed by atoms with E-state index in [1.807, 2.05) is 13.8 Å². The average molecular weight is 373 g/mol. The smallest absolute Gasteiger partial charge is 0.233 e. The highest BCUT2D eigenvalue weighted by Crippen LogP contribution is 2.33. The zero-order chi connectivity index (χ0) is 17.2. The molecular weight excluding hydrogens is 352 g/mol. The van der Waals surface area contributed by atoms with Crippen LogP contribution in [-0.2, 0) is 9.59 Å². The van der Waals surface area contributed by atoms with Gasteiger partial charge in [-0.1, -0.05) is 47.0 Å². The predicted octanol–water partition coefficient (Wildman–Crippen LogP) is 2.10. The summed E-state index contributed by atoms with van der Waals surface area (Å²) in [5.41, 5.74) is 0.